The standard InChI is InChI=1S/C16H29N5O2S/c1-3-5-6-7-11-19-16(18-4-2)20-12-13-21-24(22,23)15-9-8-10-17-14-15/h8-10,14,21H,3-7,11-13H2,1-2H3,(H2,18,19,20). The van der Waals surface area contributed by atoms with Crippen LogP contribution >= 0.6 is 0 Å². The van der Waals surface area contributed by atoms with Crippen molar-refractivity contribution in [2.75, 3.05) is 26.2 Å². The van der Waals surface area contributed by atoms with Gasteiger partial charge in [-0.3, -0.25) is 9.98 Å². The Labute approximate surface area is 145 Å². The molecule has 1 heterocycles. The molecule has 0 aliphatic rings. The maximum absolute atomic E-state index is 12.1. The van der Waals surface area contributed by atoms with Crippen LogP contribution in [0.4, 0.5) is 0 Å². The van der Waals surface area contributed by atoms with Gasteiger partial charge in [0.25, 0.3) is 0 Å². The van der Waals surface area contributed by atoms with Crippen LogP contribution < -0.4 is 15.4 Å². The Bertz CT molecular complexity index is 575. The number of sulfonamides is 1. The van der Waals surface area contributed by atoms with Crippen molar-refractivity contribution in [1.29, 1.82) is 0 Å². The highest BCUT2D eigenvalue weighted by atomic mass is 32.2. The lowest BCUT2D eigenvalue weighted by molar-refractivity contribution is 0.580. The van der Waals surface area contributed by atoms with Crippen LogP contribution in [0.25, 0.3) is 0 Å². The van der Waals surface area contributed by atoms with Crippen LogP contribution in [-0.4, -0.2) is 45.5 Å². The van der Waals surface area contributed by atoms with Crippen molar-refractivity contribution >= 4 is 16.0 Å². The average Bonchev–Trinajstić information content (AvgIpc) is 2.59. The molecule has 0 amide bonds. The van der Waals surface area contributed by atoms with Crippen LogP contribution in [0.15, 0.2) is 34.4 Å². The fourth-order valence-electron chi connectivity index (χ4n) is 2.03. The lowest BCUT2D eigenvalue weighted by Gasteiger charge is -2.12. The van der Waals surface area contributed by atoms with E-state index >= 15 is 0 Å². The number of guanidine groups is 1. The summed E-state index contributed by atoms with van der Waals surface area (Å²) < 4.78 is 26.6. The Balaban J connectivity index is 2.35. The highest BCUT2D eigenvalue weighted by molar-refractivity contribution is 7.89. The van der Waals surface area contributed by atoms with Crippen molar-refractivity contribution in [3.63, 3.8) is 0 Å². The summed E-state index contributed by atoms with van der Waals surface area (Å²) >= 11 is 0. The van der Waals surface area contributed by atoms with E-state index in [4.69, 9.17) is 0 Å². The van der Waals surface area contributed by atoms with Crippen molar-refractivity contribution in [2.45, 2.75) is 44.4 Å². The molecule has 0 aromatic carbocycles. The zero-order valence-corrected chi connectivity index (χ0v) is 15.4. The number of aromatic nitrogens is 1. The van der Waals surface area contributed by atoms with E-state index in [0.717, 1.165) is 25.5 Å². The van der Waals surface area contributed by atoms with Crippen LogP contribution in [0.1, 0.15) is 39.5 Å². The predicted molar refractivity (Wildman–Crippen MR) is 97.5 cm³/mol. The number of aliphatic imine (C=N–C) groups is 1. The molecule has 0 aliphatic carbocycles. The van der Waals surface area contributed by atoms with Crippen LogP contribution in [0.2, 0.25) is 0 Å². The first-order valence-electron chi connectivity index (χ1n) is 8.52. The molecule has 0 fully saturated rings. The molecule has 0 saturated carbocycles. The summed E-state index contributed by atoms with van der Waals surface area (Å²) in [6, 6.07) is 3.12. The summed E-state index contributed by atoms with van der Waals surface area (Å²) in [5.41, 5.74) is 0. The van der Waals surface area contributed by atoms with Gasteiger partial charge < -0.3 is 10.6 Å². The van der Waals surface area contributed by atoms with Gasteiger partial charge in [-0.1, -0.05) is 26.2 Å². The number of rotatable bonds is 11. The molecule has 136 valence electrons. The Morgan fingerprint density at radius 2 is 2.00 bits per heavy atom. The summed E-state index contributed by atoms with van der Waals surface area (Å²) in [5.74, 6) is 0.717. The minimum absolute atomic E-state index is 0.168. The molecule has 24 heavy (non-hydrogen) atoms. The molecule has 1 rings (SSSR count). The number of nitrogens with zero attached hydrogens (tertiary/aromatic N) is 2. The summed E-state index contributed by atoms with van der Waals surface area (Å²) in [6.45, 7) is 6.46. The van der Waals surface area contributed by atoms with E-state index in [-0.39, 0.29) is 11.4 Å². The van der Waals surface area contributed by atoms with Gasteiger partial charge in [-0.15, -0.1) is 0 Å². The van der Waals surface area contributed by atoms with Gasteiger partial charge in [0.05, 0.1) is 0 Å². The van der Waals surface area contributed by atoms with E-state index in [1.165, 1.54) is 31.5 Å². The smallest absolute Gasteiger partial charge is 0.242 e. The SMILES string of the molecule is CCCCCCN=C(NCC)NCCNS(=O)(=O)c1cccnc1. The van der Waals surface area contributed by atoms with E-state index in [2.05, 4.69) is 32.3 Å². The van der Waals surface area contributed by atoms with Crippen molar-refractivity contribution in [2.24, 2.45) is 4.99 Å². The second-order valence-electron chi connectivity index (χ2n) is 5.33. The summed E-state index contributed by atoms with van der Waals surface area (Å²) in [5, 5.41) is 6.29. The van der Waals surface area contributed by atoms with Crippen LogP contribution in [-0.2, 0) is 10.0 Å². The molecule has 0 aliphatic heterocycles. The van der Waals surface area contributed by atoms with Gasteiger partial charge in [0.1, 0.15) is 4.90 Å². The summed E-state index contributed by atoms with van der Waals surface area (Å²) in [6.07, 6.45) is 7.56. The number of unbranched alkanes of at least 4 members (excludes halogenated alkanes) is 3. The van der Waals surface area contributed by atoms with Gasteiger partial charge in [0.2, 0.25) is 10.0 Å². The van der Waals surface area contributed by atoms with Gasteiger partial charge >= 0.3 is 0 Å². The lowest BCUT2D eigenvalue weighted by atomic mass is 10.2. The van der Waals surface area contributed by atoms with Gasteiger partial charge in [-0.2, -0.15) is 0 Å². The lowest BCUT2D eigenvalue weighted by Crippen LogP contribution is -2.41. The fraction of sp³-hybridized carbons (Fsp3) is 0.625. The van der Waals surface area contributed by atoms with E-state index in [0.29, 0.717) is 6.54 Å². The highest BCUT2D eigenvalue weighted by Gasteiger charge is 2.12. The van der Waals surface area contributed by atoms with Gasteiger partial charge in [-0.25, -0.2) is 13.1 Å². The largest absolute Gasteiger partial charge is 0.357 e. The summed E-state index contributed by atoms with van der Waals surface area (Å²) in [7, 11) is -3.51. The van der Waals surface area contributed by atoms with E-state index in [1.54, 1.807) is 12.3 Å². The van der Waals surface area contributed by atoms with E-state index in [1.807, 2.05) is 6.92 Å². The third kappa shape index (κ3) is 8.26. The molecule has 0 radical (unpaired) electrons. The molecule has 0 atom stereocenters. The first-order valence-corrected chi connectivity index (χ1v) is 10.00. The monoisotopic (exact) mass is 355 g/mol. The highest BCUT2D eigenvalue weighted by Crippen LogP contribution is 2.04. The normalized spacial score (nSPS) is 12.2. The number of nitrogens with one attached hydrogen (secondary N) is 3. The van der Waals surface area contributed by atoms with E-state index in [9.17, 15) is 8.42 Å². The van der Waals surface area contributed by atoms with Crippen molar-refractivity contribution in [3.8, 4) is 0 Å². The predicted octanol–water partition coefficient (Wildman–Crippen LogP) is 1.50. The fourth-order valence-corrected chi connectivity index (χ4v) is 3.02. The third-order valence-electron chi connectivity index (χ3n) is 3.28. The zero-order chi connectivity index (χ0) is 17.7. The van der Waals surface area contributed by atoms with Crippen LogP contribution in [0, 0.1) is 0 Å². The number of hydrogen-bond acceptors (Lipinski definition) is 4. The van der Waals surface area contributed by atoms with Gasteiger partial charge in [-0.05, 0) is 25.5 Å². The van der Waals surface area contributed by atoms with Crippen LogP contribution in [0.3, 0.4) is 0 Å². The Kier molecular flexibility index (Phi) is 10.0. The first-order chi connectivity index (χ1) is 11.6. The van der Waals surface area contributed by atoms with Crippen molar-refractivity contribution in [1.82, 2.24) is 20.3 Å². The van der Waals surface area contributed by atoms with E-state index < -0.39 is 10.0 Å². The number of pyridine rings is 1. The Morgan fingerprint density at radius 3 is 2.67 bits per heavy atom. The topological polar surface area (TPSA) is 95.5 Å². The van der Waals surface area contributed by atoms with Gasteiger partial charge in [0, 0.05) is 38.6 Å². The molecule has 0 saturated heterocycles. The number of hydrogen-bond donors (Lipinski definition) is 3. The second kappa shape index (κ2) is 11.8. The second-order valence-corrected chi connectivity index (χ2v) is 7.10. The zero-order valence-electron chi connectivity index (χ0n) is 14.6. The maximum Gasteiger partial charge on any atom is 0.242 e. The third-order valence-corrected chi connectivity index (χ3v) is 4.73. The molecule has 0 spiro atoms. The molecular formula is C16H29N5O2S. The molecule has 8 heteroatoms. The van der Waals surface area contributed by atoms with Crippen LogP contribution in [0.5, 0.6) is 0 Å². The summed E-state index contributed by atoms with van der Waals surface area (Å²) in [4.78, 5) is 8.48. The first kappa shape index (κ1) is 20.4. The quantitative estimate of drug-likeness (QED) is 0.318. The average molecular weight is 356 g/mol. The van der Waals surface area contributed by atoms with Crippen molar-refractivity contribution in [3.05, 3.63) is 24.5 Å². The van der Waals surface area contributed by atoms with Crippen molar-refractivity contribution < 1.29 is 8.42 Å². The molecule has 0 bridgehead atoms. The molecule has 1 aromatic rings. The molecule has 7 nitrogen and oxygen atoms in total. The Morgan fingerprint density at radius 1 is 1.17 bits per heavy atom. The maximum atomic E-state index is 12.1. The molecular weight excluding hydrogens is 326 g/mol. The Hall–Kier alpha value is -1.67. The molecule has 1 aromatic heterocycles. The molecule has 3 N–H and O–H groups in total. The minimum atomic E-state index is -3.51. The minimum Gasteiger partial charge on any atom is -0.357 e. The molecule has 0 unspecified atom stereocenters. The van der Waals surface area contributed by atoms with Gasteiger partial charge in [0.15, 0.2) is 5.96 Å².